The fourth-order valence-corrected chi connectivity index (χ4v) is 12.5. The van der Waals surface area contributed by atoms with Crippen LogP contribution < -0.4 is 0 Å². The number of hydrogen-bond donors (Lipinski definition) is 3. The van der Waals surface area contributed by atoms with Gasteiger partial charge >= 0.3 is 39.5 Å². The molecule has 0 aromatic heterocycles. The number of aliphatic hydroxyl groups is 1. The largest absolute Gasteiger partial charge is 0.472 e. The maximum absolute atomic E-state index is 13.0. The molecule has 19 heteroatoms. The highest BCUT2D eigenvalue weighted by Crippen LogP contribution is 2.45. The standard InChI is InChI=1S/C72H140O17P2/c1-7-9-11-13-15-17-19-21-22-23-24-25-26-27-29-31-33-35-44-50-56-71(76)88-67(60-82-69(74)54-48-42-34-32-30-28-20-18-16-14-12-10-8-2)62-86-90(78,79)84-58-66(73)59-85-91(80,81)87-63-68(89-72(77)57-51-45-39-37-41-47-53-65(5)6)61-83-70(75)55-49-43-38-36-40-46-52-64(3)4/h64-68,73H,7-63H2,1-6H3,(H,78,79)(H,80,81)/t66-,67-,68-/m1/s1. The zero-order valence-electron chi connectivity index (χ0n) is 59.1. The third kappa shape index (κ3) is 66.5. The number of carbonyl (C=O) groups excluding carboxylic acids is 4. The number of phosphoric acid groups is 2. The molecule has 0 rings (SSSR count). The zero-order valence-corrected chi connectivity index (χ0v) is 60.9. The van der Waals surface area contributed by atoms with Gasteiger partial charge in [-0.2, -0.15) is 0 Å². The first kappa shape index (κ1) is 89.1. The summed E-state index contributed by atoms with van der Waals surface area (Å²) < 4.78 is 68.2. The van der Waals surface area contributed by atoms with Crippen molar-refractivity contribution in [1.82, 2.24) is 0 Å². The molecule has 0 aliphatic carbocycles. The molecular formula is C72H140O17P2. The van der Waals surface area contributed by atoms with Gasteiger partial charge in [-0.05, 0) is 37.5 Å². The monoisotopic (exact) mass is 1340 g/mol. The molecule has 5 atom stereocenters. The number of aliphatic hydroxyl groups excluding tert-OH is 1. The summed E-state index contributed by atoms with van der Waals surface area (Å²) in [6, 6.07) is 0. The molecular weight excluding hydrogens is 1200 g/mol. The highest BCUT2D eigenvalue weighted by molar-refractivity contribution is 7.47. The van der Waals surface area contributed by atoms with E-state index in [1.165, 1.54) is 180 Å². The van der Waals surface area contributed by atoms with Crippen molar-refractivity contribution in [3.8, 4) is 0 Å². The van der Waals surface area contributed by atoms with Crippen LogP contribution in [-0.4, -0.2) is 96.7 Å². The highest BCUT2D eigenvalue weighted by atomic mass is 31.2. The summed E-state index contributed by atoms with van der Waals surface area (Å²) in [5, 5.41) is 10.6. The number of ether oxygens (including phenoxy) is 4. The molecule has 0 spiro atoms. The lowest BCUT2D eigenvalue weighted by Gasteiger charge is -2.21. The van der Waals surface area contributed by atoms with Crippen LogP contribution in [0, 0.1) is 11.8 Å². The fraction of sp³-hybridized carbons (Fsp3) is 0.944. The van der Waals surface area contributed by atoms with Crippen molar-refractivity contribution in [2.75, 3.05) is 39.6 Å². The number of carbonyl (C=O) groups is 4. The lowest BCUT2D eigenvalue weighted by atomic mass is 10.0. The van der Waals surface area contributed by atoms with Gasteiger partial charge in [0.05, 0.1) is 26.4 Å². The Kier molecular flexibility index (Phi) is 62.7. The third-order valence-electron chi connectivity index (χ3n) is 16.7. The smallest absolute Gasteiger partial charge is 0.462 e. The van der Waals surface area contributed by atoms with E-state index >= 15 is 0 Å². The predicted molar refractivity (Wildman–Crippen MR) is 368 cm³/mol. The van der Waals surface area contributed by atoms with Crippen molar-refractivity contribution >= 4 is 39.5 Å². The van der Waals surface area contributed by atoms with Crippen molar-refractivity contribution < 1.29 is 80.2 Å². The normalized spacial score (nSPS) is 14.1. The average molecular weight is 1340 g/mol. The fourth-order valence-electron chi connectivity index (χ4n) is 10.9. The minimum absolute atomic E-state index is 0.101. The van der Waals surface area contributed by atoms with E-state index in [2.05, 4.69) is 41.5 Å². The molecule has 17 nitrogen and oxygen atoms in total. The second-order valence-corrected chi connectivity index (χ2v) is 29.8. The van der Waals surface area contributed by atoms with Gasteiger partial charge in [0.25, 0.3) is 0 Å². The topological polar surface area (TPSA) is 237 Å². The molecule has 540 valence electrons. The van der Waals surface area contributed by atoms with E-state index < -0.39 is 97.5 Å². The Morgan fingerprint density at radius 3 is 0.747 bits per heavy atom. The van der Waals surface area contributed by atoms with E-state index in [0.717, 1.165) is 96.3 Å². The molecule has 0 aromatic rings. The molecule has 3 N–H and O–H groups in total. The van der Waals surface area contributed by atoms with Crippen molar-refractivity contribution in [2.24, 2.45) is 11.8 Å². The Balaban J connectivity index is 5.18. The van der Waals surface area contributed by atoms with E-state index in [4.69, 9.17) is 37.0 Å². The van der Waals surface area contributed by atoms with Crippen LogP contribution in [0.5, 0.6) is 0 Å². The second-order valence-electron chi connectivity index (χ2n) is 26.9. The molecule has 0 aliphatic rings. The van der Waals surface area contributed by atoms with Gasteiger partial charge in [-0.1, -0.05) is 318 Å². The SMILES string of the molecule is CCCCCCCCCCCCCCCCCCCCCCC(=O)O[C@H](COC(=O)CCCCCCCCCCCCCCC)COP(=O)(O)OC[C@@H](O)COP(=O)(O)OC[C@@H](COC(=O)CCCCCCCCC(C)C)OC(=O)CCCCCCCCC(C)C. The summed E-state index contributed by atoms with van der Waals surface area (Å²) in [5.41, 5.74) is 0. The van der Waals surface area contributed by atoms with Crippen molar-refractivity contribution in [3.05, 3.63) is 0 Å². The second kappa shape index (κ2) is 64.1. The lowest BCUT2D eigenvalue weighted by molar-refractivity contribution is -0.161. The van der Waals surface area contributed by atoms with Crippen LogP contribution in [0.2, 0.25) is 0 Å². The van der Waals surface area contributed by atoms with Crippen LogP contribution in [0.1, 0.15) is 369 Å². The number of phosphoric ester groups is 2. The van der Waals surface area contributed by atoms with Crippen LogP contribution in [0.3, 0.4) is 0 Å². The van der Waals surface area contributed by atoms with Gasteiger partial charge in [0, 0.05) is 25.7 Å². The Labute approximate surface area is 556 Å². The number of unbranched alkanes of at least 4 members (excludes halogenated alkanes) is 41. The minimum Gasteiger partial charge on any atom is -0.462 e. The summed E-state index contributed by atoms with van der Waals surface area (Å²) >= 11 is 0. The molecule has 0 bridgehead atoms. The first-order chi connectivity index (χ1) is 43.9. The lowest BCUT2D eigenvalue weighted by Crippen LogP contribution is -2.30. The Hall–Kier alpha value is -1.94. The Morgan fingerprint density at radius 1 is 0.297 bits per heavy atom. The van der Waals surface area contributed by atoms with Crippen LogP contribution >= 0.6 is 15.6 Å². The molecule has 2 unspecified atom stereocenters. The van der Waals surface area contributed by atoms with Gasteiger partial charge in [-0.15, -0.1) is 0 Å². The van der Waals surface area contributed by atoms with Gasteiger partial charge in [-0.3, -0.25) is 37.3 Å². The molecule has 0 aliphatic heterocycles. The molecule has 0 aromatic carbocycles. The van der Waals surface area contributed by atoms with Gasteiger partial charge in [0.15, 0.2) is 12.2 Å². The van der Waals surface area contributed by atoms with Gasteiger partial charge in [0.1, 0.15) is 19.3 Å². The average Bonchev–Trinajstić information content (AvgIpc) is 2.95. The van der Waals surface area contributed by atoms with Crippen LogP contribution in [0.25, 0.3) is 0 Å². The highest BCUT2D eigenvalue weighted by Gasteiger charge is 2.30. The molecule has 0 heterocycles. The Bertz CT molecular complexity index is 1770. The predicted octanol–water partition coefficient (Wildman–Crippen LogP) is 20.8. The number of hydrogen-bond acceptors (Lipinski definition) is 15. The molecule has 0 fully saturated rings. The van der Waals surface area contributed by atoms with E-state index in [1.54, 1.807) is 0 Å². The quantitative estimate of drug-likeness (QED) is 0.0222. The first-order valence-electron chi connectivity index (χ1n) is 37.5. The van der Waals surface area contributed by atoms with Crippen LogP contribution in [-0.2, 0) is 65.4 Å². The number of esters is 4. The van der Waals surface area contributed by atoms with E-state index in [-0.39, 0.29) is 25.7 Å². The molecule has 0 radical (unpaired) electrons. The van der Waals surface area contributed by atoms with Crippen molar-refractivity contribution in [2.45, 2.75) is 387 Å². The van der Waals surface area contributed by atoms with Crippen molar-refractivity contribution in [3.63, 3.8) is 0 Å². The molecule has 0 saturated carbocycles. The summed E-state index contributed by atoms with van der Waals surface area (Å²) in [4.78, 5) is 72.5. The van der Waals surface area contributed by atoms with Crippen LogP contribution in [0.15, 0.2) is 0 Å². The van der Waals surface area contributed by atoms with E-state index in [1.807, 2.05) is 0 Å². The van der Waals surface area contributed by atoms with E-state index in [0.29, 0.717) is 37.5 Å². The summed E-state index contributed by atoms with van der Waals surface area (Å²) in [7, 11) is -9.90. The Morgan fingerprint density at radius 2 is 0.505 bits per heavy atom. The van der Waals surface area contributed by atoms with Gasteiger partial charge < -0.3 is 33.8 Å². The van der Waals surface area contributed by atoms with Gasteiger partial charge in [-0.25, -0.2) is 9.13 Å². The first-order valence-corrected chi connectivity index (χ1v) is 40.5. The van der Waals surface area contributed by atoms with Crippen molar-refractivity contribution in [1.29, 1.82) is 0 Å². The minimum atomic E-state index is -4.95. The molecule has 0 amide bonds. The van der Waals surface area contributed by atoms with Gasteiger partial charge in [0.2, 0.25) is 0 Å². The number of rotatable bonds is 71. The maximum Gasteiger partial charge on any atom is 0.472 e. The summed E-state index contributed by atoms with van der Waals surface area (Å²) in [6.45, 7) is 9.38. The third-order valence-corrected chi connectivity index (χ3v) is 18.6. The van der Waals surface area contributed by atoms with E-state index in [9.17, 15) is 43.2 Å². The zero-order chi connectivity index (χ0) is 67.2. The van der Waals surface area contributed by atoms with Crippen LogP contribution in [0.4, 0.5) is 0 Å². The maximum atomic E-state index is 13.0. The summed E-state index contributed by atoms with van der Waals surface area (Å²) in [6.07, 6.45) is 50.4. The molecule has 0 saturated heterocycles. The molecule has 91 heavy (non-hydrogen) atoms. The summed E-state index contributed by atoms with van der Waals surface area (Å²) in [5.74, 6) is -0.780.